The molecule has 2 aliphatic carbocycles. The summed E-state index contributed by atoms with van der Waals surface area (Å²) in [7, 11) is 0. The summed E-state index contributed by atoms with van der Waals surface area (Å²) < 4.78 is 34.5. The van der Waals surface area contributed by atoms with E-state index in [1.54, 1.807) is 24.3 Å². The zero-order valence-corrected chi connectivity index (χ0v) is 31.5. The van der Waals surface area contributed by atoms with Crippen LogP contribution in [0.3, 0.4) is 0 Å². The number of esters is 5. The van der Waals surface area contributed by atoms with Gasteiger partial charge in [0.2, 0.25) is 6.79 Å². The van der Waals surface area contributed by atoms with Gasteiger partial charge in [-0.15, -0.1) is 0 Å². The lowest BCUT2D eigenvalue weighted by molar-refractivity contribution is -0.417. The number of rotatable bonds is 6. The Kier molecular flexibility index (Phi) is 8.22. The van der Waals surface area contributed by atoms with Crippen LogP contribution in [0.15, 0.2) is 102 Å². The number of carbonyl (C=O) groups excluding carboxylic acids is 5. The van der Waals surface area contributed by atoms with E-state index in [-0.39, 0.29) is 44.5 Å². The van der Waals surface area contributed by atoms with Gasteiger partial charge in [0.15, 0.2) is 22.6 Å². The molecular weight excluding hydrogens is 760 g/mol. The molecule has 13 nitrogen and oxygen atoms in total. The lowest BCUT2D eigenvalue weighted by atomic mass is 9.61. The third-order valence-electron chi connectivity index (χ3n) is 10.9. The average molecular weight is 791 g/mol. The van der Waals surface area contributed by atoms with E-state index in [4.69, 9.17) is 49.8 Å². The number of hydrogen-bond acceptors (Lipinski definition) is 13. The molecule has 4 aliphatic heterocycles. The number of carbonyl (C=O) groups is 5. The van der Waals surface area contributed by atoms with Crippen LogP contribution < -0.4 is 9.47 Å². The fourth-order valence-electron chi connectivity index (χ4n) is 8.71. The van der Waals surface area contributed by atoms with Crippen molar-refractivity contribution in [3.05, 3.63) is 152 Å². The molecule has 0 N–H and O–H groups in total. The first-order valence-electron chi connectivity index (χ1n) is 17.8. The van der Waals surface area contributed by atoms with Gasteiger partial charge < -0.3 is 28.4 Å². The standard InChI is InChI=1S/C43H31ClO13/c1-21(45)50-20-51-39(48)24-10-9-15-29-38(24)40(49)55-42(29)30-16-31(43-27-13-7-5-11-25(27)41(4,56-57-43)26-12-6-8-14-28(26)43)34(52-22(2)46)18-35(30)54-36-19-37(53-23(3)47)33(44)17-32(36)42/h5-19,30,34H,20H2,1-4H3. The van der Waals surface area contributed by atoms with Gasteiger partial charge in [-0.05, 0) is 36.3 Å². The minimum Gasteiger partial charge on any atom is -0.460 e. The third-order valence-corrected chi connectivity index (χ3v) is 11.2. The van der Waals surface area contributed by atoms with Gasteiger partial charge in [-0.25, -0.2) is 19.4 Å². The van der Waals surface area contributed by atoms with Crippen LogP contribution in [0.5, 0.6) is 11.5 Å². The Labute approximate surface area is 329 Å². The predicted octanol–water partition coefficient (Wildman–Crippen LogP) is 6.60. The summed E-state index contributed by atoms with van der Waals surface area (Å²) >= 11 is 6.76. The molecular formula is C43H31ClO13. The summed E-state index contributed by atoms with van der Waals surface area (Å²) in [6.07, 6.45) is 2.25. The molecule has 0 radical (unpaired) electrons. The Balaban J connectivity index is 1.32. The Bertz CT molecular complexity index is 2510. The molecule has 57 heavy (non-hydrogen) atoms. The van der Waals surface area contributed by atoms with Crippen molar-refractivity contribution in [2.24, 2.45) is 5.92 Å². The Hall–Kier alpha value is -6.28. The molecule has 0 fully saturated rings. The maximum atomic E-state index is 14.3. The van der Waals surface area contributed by atoms with E-state index >= 15 is 0 Å². The lowest BCUT2D eigenvalue weighted by Crippen LogP contribution is -2.55. The van der Waals surface area contributed by atoms with E-state index in [0.29, 0.717) is 5.57 Å². The summed E-state index contributed by atoms with van der Waals surface area (Å²) in [6, 6.07) is 22.8. The number of benzene rings is 4. The SMILES string of the molecule is CC(=O)OCOC(=O)c1cccc2c1C(=O)OC21c2cc(Cl)c(OC(C)=O)cc2OC2=CC(OC(C)=O)C(C34OOC(C)(c5ccccc53)c3ccccc34)=CC21. The molecule has 4 aromatic rings. The van der Waals surface area contributed by atoms with E-state index in [1.165, 1.54) is 32.0 Å². The molecule has 4 heterocycles. The van der Waals surface area contributed by atoms with Crippen molar-refractivity contribution in [1.82, 2.24) is 0 Å². The predicted molar refractivity (Wildman–Crippen MR) is 196 cm³/mol. The molecule has 3 atom stereocenters. The molecule has 0 amide bonds. The molecule has 2 bridgehead atoms. The van der Waals surface area contributed by atoms with Crippen LogP contribution in [0.4, 0.5) is 0 Å². The maximum absolute atomic E-state index is 14.3. The topological polar surface area (TPSA) is 159 Å². The van der Waals surface area contributed by atoms with Crippen LogP contribution in [0.25, 0.3) is 0 Å². The van der Waals surface area contributed by atoms with Crippen LogP contribution >= 0.6 is 11.6 Å². The smallest absolute Gasteiger partial charge is 0.341 e. The van der Waals surface area contributed by atoms with Crippen molar-refractivity contribution in [2.75, 3.05) is 6.79 Å². The number of hydrogen-bond donors (Lipinski definition) is 0. The summed E-state index contributed by atoms with van der Waals surface area (Å²) in [4.78, 5) is 77.0. The highest BCUT2D eigenvalue weighted by Gasteiger charge is 2.64. The first kappa shape index (κ1) is 36.4. The maximum Gasteiger partial charge on any atom is 0.341 e. The van der Waals surface area contributed by atoms with Crippen molar-refractivity contribution >= 4 is 41.4 Å². The highest BCUT2D eigenvalue weighted by molar-refractivity contribution is 6.32. The van der Waals surface area contributed by atoms with Gasteiger partial charge in [-0.1, -0.05) is 78.3 Å². The van der Waals surface area contributed by atoms with E-state index in [9.17, 15) is 24.0 Å². The van der Waals surface area contributed by atoms with Crippen LogP contribution in [-0.4, -0.2) is 42.7 Å². The summed E-state index contributed by atoms with van der Waals surface area (Å²) in [5, 5.41) is -0.00405. The molecule has 3 unspecified atom stereocenters. The molecule has 6 aliphatic rings. The fraction of sp³-hybridized carbons (Fsp3) is 0.233. The van der Waals surface area contributed by atoms with E-state index in [0.717, 1.165) is 29.2 Å². The van der Waals surface area contributed by atoms with Gasteiger partial charge in [-0.2, -0.15) is 0 Å². The molecule has 10 rings (SSSR count). The van der Waals surface area contributed by atoms with E-state index in [2.05, 4.69) is 0 Å². The fourth-order valence-corrected chi connectivity index (χ4v) is 8.91. The minimum absolute atomic E-state index is 0.00405. The second-order valence-electron chi connectivity index (χ2n) is 14.2. The van der Waals surface area contributed by atoms with Crippen molar-refractivity contribution in [2.45, 2.75) is 50.6 Å². The first-order valence-corrected chi connectivity index (χ1v) is 18.2. The largest absolute Gasteiger partial charge is 0.460 e. The molecule has 0 aromatic heterocycles. The molecule has 0 saturated heterocycles. The first-order chi connectivity index (χ1) is 27.3. The van der Waals surface area contributed by atoms with Crippen LogP contribution in [-0.2, 0) is 59.9 Å². The van der Waals surface area contributed by atoms with Crippen LogP contribution in [0.1, 0.15) is 81.8 Å². The van der Waals surface area contributed by atoms with E-state index < -0.39 is 65.5 Å². The monoisotopic (exact) mass is 790 g/mol. The van der Waals surface area contributed by atoms with Crippen molar-refractivity contribution < 1.29 is 62.2 Å². The molecule has 0 saturated carbocycles. The highest BCUT2D eigenvalue weighted by atomic mass is 35.5. The summed E-state index contributed by atoms with van der Waals surface area (Å²) in [6.45, 7) is 4.88. The Morgan fingerprint density at radius 3 is 2.07 bits per heavy atom. The van der Waals surface area contributed by atoms with Crippen molar-refractivity contribution in [1.29, 1.82) is 0 Å². The second kappa shape index (κ2) is 12.9. The third kappa shape index (κ3) is 5.19. The zero-order chi connectivity index (χ0) is 40.0. The van der Waals surface area contributed by atoms with E-state index in [1.807, 2.05) is 55.5 Å². The van der Waals surface area contributed by atoms with Gasteiger partial charge in [0.05, 0.1) is 22.1 Å². The highest BCUT2D eigenvalue weighted by Crippen LogP contribution is 2.63. The molecule has 288 valence electrons. The summed E-state index contributed by atoms with van der Waals surface area (Å²) in [5.41, 5.74) is -0.542. The second-order valence-corrected chi connectivity index (χ2v) is 14.6. The minimum atomic E-state index is -1.81. The Morgan fingerprint density at radius 1 is 0.754 bits per heavy atom. The average Bonchev–Trinajstić information content (AvgIpc) is 3.48. The van der Waals surface area contributed by atoms with Crippen molar-refractivity contribution in [3.63, 3.8) is 0 Å². The molecule has 1 spiro atoms. The molecule has 4 aromatic carbocycles. The van der Waals surface area contributed by atoms with Gasteiger partial charge in [0.25, 0.3) is 0 Å². The number of ether oxygens (including phenoxy) is 6. The van der Waals surface area contributed by atoms with Crippen molar-refractivity contribution in [3.8, 4) is 11.5 Å². The van der Waals surface area contributed by atoms with Gasteiger partial charge in [0, 0.05) is 54.7 Å². The zero-order valence-electron chi connectivity index (χ0n) is 30.7. The Morgan fingerprint density at radius 2 is 1.42 bits per heavy atom. The lowest BCUT2D eigenvalue weighted by Gasteiger charge is -2.54. The normalized spacial score (nSPS) is 25.5. The van der Waals surface area contributed by atoms with Gasteiger partial charge in [-0.3, -0.25) is 14.4 Å². The quantitative estimate of drug-likeness (QED) is 0.0514. The van der Waals surface area contributed by atoms with Gasteiger partial charge in [0.1, 0.15) is 17.6 Å². The summed E-state index contributed by atoms with van der Waals surface area (Å²) in [5.74, 6) is -4.54. The number of fused-ring (bicyclic) bond motifs is 7. The number of halogens is 1. The molecule has 14 heteroatoms. The van der Waals surface area contributed by atoms with Crippen LogP contribution in [0.2, 0.25) is 5.02 Å². The van der Waals surface area contributed by atoms with Gasteiger partial charge >= 0.3 is 29.8 Å². The van der Waals surface area contributed by atoms with Crippen LogP contribution in [0, 0.1) is 5.92 Å².